The second kappa shape index (κ2) is 52.7. The molecule has 0 aliphatic heterocycles. The number of hydrogen-bond donors (Lipinski definition) is 0. The Kier molecular flexibility index (Phi) is 52.9. The maximum absolute atomic E-state index is 6.27. The van der Waals surface area contributed by atoms with Gasteiger partial charge in [0.25, 0.3) is 0 Å². The van der Waals surface area contributed by atoms with Gasteiger partial charge in [-0.15, -0.1) is 0 Å². The molecule has 27 heteroatoms. The van der Waals surface area contributed by atoms with Gasteiger partial charge in [-0.25, -0.2) is 0 Å². The lowest BCUT2D eigenvalue weighted by atomic mass is 9.78. The normalized spacial score (nSPS) is 20.7. The largest absolute Gasteiger partial charge is 0.501 e. The Labute approximate surface area is 544 Å². The molecule has 0 radical (unpaired) electrons. The molecule has 0 amide bonds. The summed E-state index contributed by atoms with van der Waals surface area (Å²) < 4.78 is 74.1. The Hall–Kier alpha value is 4.24. The van der Waals surface area contributed by atoms with Gasteiger partial charge in [0.05, 0.1) is 0 Å². The zero-order valence-corrected chi connectivity index (χ0v) is 65.6. The summed E-state index contributed by atoms with van der Waals surface area (Å²) in [5, 5.41) is 1.40. The fraction of sp³-hybridized carbons (Fsp3) is 1.00. The maximum Gasteiger partial charge on any atom is 0.501 e. The average Bonchev–Trinajstić information content (AvgIpc) is 3.45. The SMILES string of the molecule is CCO[Si](CCCSSSSCCC1CC(CC[SH2]CCC2CCC(SCC[Si](OCC)(OCC)OCC)C(CCSSSSCCC[Si](OCC)(OCC)OCC)C2)CCC1SCC[Si](OCC)(OCC)OCC)(OCC)OCC. The van der Waals surface area contributed by atoms with Gasteiger partial charge in [-0.3, -0.25) is 11.8 Å². The molecule has 12 nitrogen and oxygen atoms in total. The molecule has 0 aromatic heterocycles. The Morgan fingerprint density at radius 2 is 0.593 bits per heavy atom. The number of rotatable bonds is 58. The molecule has 486 valence electrons. The van der Waals surface area contributed by atoms with E-state index in [9.17, 15) is 0 Å². The van der Waals surface area contributed by atoms with Crippen LogP contribution in [-0.2, 0) is 53.1 Å². The third-order valence-electron chi connectivity index (χ3n) is 14.2. The lowest BCUT2D eigenvalue weighted by molar-refractivity contribution is 0.0704. The van der Waals surface area contributed by atoms with Crippen LogP contribution in [0.3, 0.4) is 0 Å². The summed E-state index contributed by atoms with van der Waals surface area (Å²) in [6, 6.07) is 3.56. The summed E-state index contributed by atoms with van der Waals surface area (Å²) in [4.78, 5) is 0. The van der Waals surface area contributed by atoms with Crippen molar-refractivity contribution < 1.29 is 53.1 Å². The zero-order chi connectivity index (χ0) is 59.2. The van der Waals surface area contributed by atoms with E-state index >= 15 is 0 Å². The van der Waals surface area contributed by atoms with Gasteiger partial charge in [-0.1, -0.05) is 43.2 Å². The molecule has 2 aliphatic rings. The van der Waals surface area contributed by atoms with Gasteiger partial charge in [-0.05, 0) is 246 Å². The first-order valence-electron chi connectivity index (χ1n) is 31.3. The Bertz CT molecular complexity index is 1280. The first-order chi connectivity index (χ1) is 39.5. The molecular formula is C54H116O12S11Si4. The van der Waals surface area contributed by atoms with Crippen molar-refractivity contribution in [1.29, 1.82) is 0 Å². The number of hydrogen-bond acceptors (Lipinski definition) is 22. The van der Waals surface area contributed by atoms with Crippen LogP contribution in [0.5, 0.6) is 0 Å². The van der Waals surface area contributed by atoms with Gasteiger partial charge < -0.3 is 53.1 Å². The molecule has 0 saturated heterocycles. The van der Waals surface area contributed by atoms with Crippen LogP contribution in [-0.4, -0.2) is 171 Å². The maximum atomic E-state index is 6.27. The molecule has 2 fully saturated rings. The Morgan fingerprint density at radius 1 is 0.321 bits per heavy atom. The summed E-state index contributed by atoms with van der Waals surface area (Å²) in [5.74, 6) is 12.7. The Balaban J connectivity index is 1.96. The summed E-state index contributed by atoms with van der Waals surface area (Å²) >= 11 is 5.46. The van der Waals surface area contributed by atoms with E-state index in [1.807, 2.05) is 102 Å². The molecule has 0 aromatic carbocycles. The van der Waals surface area contributed by atoms with Gasteiger partial charge in [0.2, 0.25) is 0 Å². The molecule has 6 atom stereocenters. The van der Waals surface area contributed by atoms with E-state index in [4.69, 9.17) is 53.1 Å². The van der Waals surface area contributed by atoms with Crippen LogP contribution in [0.25, 0.3) is 0 Å². The molecule has 0 aromatic rings. The van der Waals surface area contributed by atoms with E-state index in [1.165, 1.54) is 87.2 Å². The molecule has 0 heterocycles. The predicted molar refractivity (Wildman–Crippen MR) is 384 cm³/mol. The van der Waals surface area contributed by atoms with Crippen molar-refractivity contribution >= 4 is 153 Å². The van der Waals surface area contributed by atoms with Crippen LogP contribution in [0.1, 0.15) is 160 Å². The van der Waals surface area contributed by atoms with Crippen molar-refractivity contribution in [2.75, 3.05) is 125 Å². The summed E-state index contributed by atoms with van der Waals surface area (Å²) in [5.41, 5.74) is 0. The molecular weight excluding hydrogens is 1310 g/mol. The molecule has 6 unspecified atom stereocenters. The van der Waals surface area contributed by atoms with Crippen molar-refractivity contribution in [3.05, 3.63) is 0 Å². The monoisotopic (exact) mass is 1420 g/mol. The van der Waals surface area contributed by atoms with Gasteiger partial charge in [-0.2, -0.15) is 23.5 Å². The lowest BCUT2D eigenvalue weighted by Gasteiger charge is -2.37. The van der Waals surface area contributed by atoms with Crippen molar-refractivity contribution in [3.63, 3.8) is 0 Å². The zero-order valence-electron chi connectivity index (χ0n) is 52.4. The van der Waals surface area contributed by atoms with Crippen molar-refractivity contribution in [1.82, 2.24) is 0 Å². The van der Waals surface area contributed by atoms with E-state index < -0.39 is 35.2 Å². The molecule has 2 aliphatic carbocycles. The quantitative estimate of drug-likeness (QED) is 0.0327. The fourth-order valence-corrected chi connectivity index (χ4v) is 39.8. The highest BCUT2D eigenvalue weighted by atomic mass is 33.7. The van der Waals surface area contributed by atoms with Crippen LogP contribution < -0.4 is 0 Å². The molecule has 0 spiro atoms. The average molecular weight is 1420 g/mol. The number of thioether (sulfide) groups is 2. The predicted octanol–water partition coefficient (Wildman–Crippen LogP) is 18.1. The topological polar surface area (TPSA) is 111 Å². The molecule has 2 saturated carbocycles. The van der Waals surface area contributed by atoms with Crippen LogP contribution in [0.2, 0.25) is 24.2 Å². The van der Waals surface area contributed by atoms with Gasteiger partial charge in [0.1, 0.15) is 0 Å². The van der Waals surface area contributed by atoms with Crippen LogP contribution in [0.15, 0.2) is 0 Å². The highest BCUT2D eigenvalue weighted by molar-refractivity contribution is 9.26. The molecule has 2 rings (SSSR count). The minimum absolute atomic E-state index is 0.637. The summed E-state index contributed by atoms with van der Waals surface area (Å²) in [6.45, 7) is 32.3. The van der Waals surface area contributed by atoms with E-state index in [2.05, 4.69) is 86.7 Å². The van der Waals surface area contributed by atoms with Crippen molar-refractivity contribution in [2.24, 2.45) is 23.7 Å². The standard InChI is InChI=1S/C54H116O12S11Si4/c1-13-55-78(56-14-2,57-15-3)43-25-35-70-74-76-72-39-33-51-47-49(27-29-53(51)68-41-45-80(61-19-7,62-20-8)63-21-9)31-37-67-38-32-50-28-30-54(69-42-46-81(64-22-10,65-23-11)66-24-12)52(48-50)34-40-73-77-75-71-36-26-44-79(58-16-4,59-17-5)60-18-6/h49-54H,13-48,67H2,1-12H3. The fourth-order valence-electron chi connectivity index (χ4n) is 11.0. The van der Waals surface area contributed by atoms with Crippen LogP contribution in [0.4, 0.5) is 0 Å². The van der Waals surface area contributed by atoms with Crippen LogP contribution >= 0.6 is 118 Å². The first-order valence-corrected chi connectivity index (χ1v) is 52.8. The van der Waals surface area contributed by atoms with Gasteiger partial charge in [0, 0.05) is 137 Å². The smallest absolute Gasteiger partial charge is 0.374 e. The molecule has 0 bridgehead atoms. The van der Waals surface area contributed by atoms with Crippen LogP contribution in [0, 0.1) is 23.7 Å². The second-order valence-electron chi connectivity index (χ2n) is 19.8. The minimum Gasteiger partial charge on any atom is -0.374 e. The Morgan fingerprint density at radius 3 is 0.877 bits per heavy atom. The molecule has 0 N–H and O–H groups in total. The summed E-state index contributed by atoms with van der Waals surface area (Å²) in [6.07, 6.45) is 15.7. The summed E-state index contributed by atoms with van der Waals surface area (Å²) in [7, 11) is 5.36. The van der Waals surface area contributed by atoms with Crippen molar-refractivity contribution in [3.8, 4) is 0 Å². The third-order valence-corrected chi connectivity index (χ3v) is 44.7. The van der Waals surface area contributed by atoms with Crippen molar-refractivity contribution in [2.45, 2.75) is 195 Å². The minimum atomic E-state index is -2.65. The third kappa shape index (κ3) is 35.7. The van der Waals surface area contributed by atoms with Gasteiger partial charge >= 0.3 is 35.2 Å². The highest BCUT2D eigenvalue weighted by Gasteiger charge is 2.44. The van der Waals surface area contributed by atoms with E-state index in [0.29, 0.717) is 89.8 Å². The van der Waals surface area contributed by atoms with E-state index in [1.54, 1.807) is 0 Å². The molecule has 81 heavy (non-hydrogen) atoms. The van der Waals surface area contributed by atoms with Gasteiger partial charge in [0.15, 0.2) is 0 Å². The second-order valence-corrected chi connectivity index (χ2v) is 47.4. The lowest BCUT2D eigenvalue weighted by Crippen LogP contribution is -2.46. The first kappa shape index (κ1) is 81.3. The van der Waals surface area contributed by atoms with E-state index in [0.717, 1.165) is 95.5 Å². The highest BCUT2D eigenvalue weighted by Crippen LogP contribution is 2.48. The van der Waals surface area contributed by atoms with E-state index in [-0.39, 0.29) is 0 Å².